The van der Waals surface area contributed by atoms with Gasteiger partial charge in [-0.25, -0.2) is 4.98 Å². The molecule has 2 rings (SSSR count). The van der Waals surface area contributed by atoms with Gasteiger partial charge in [0.1, 0.15) is 5.82 Å². The standard InChI is InChI=1S/C13H21N3/c1-10-4-2-3-5-11(10)8-15-12-6-7-13(14)16-9-12/h6-7,9-11,15H,2-5,8H2,1H3,(H2,14,16). The van der Waals surface area contributed by atoms with Gasteiger partial charge in [0.15, 0.2) is 0 Å². The summed E-state index contributed by atoms with van der Waals surface area (Å²) in [7, 11) is 0. The maximum absolute atomic E-state index is 5.55. The number of nitrogens with one attached hydrogen (secondary N) is 1. The highest BCUT2D eigenvalue weighted by atomic mass is 14.9. The largest absolute Gasteiger partial charge is 0.384 e. The van der Waals surface area contributed by atoms with Crippen molar-refractivity contribution in [2.75, 3.05) is 17.6 Å². The van der Waals surface area contributed by atoms with E-state index in [1.54, 1.807) is 0 Å². The van der Waals surface area contributed by atoms with Crippen molar-refractivity contribution in [2.24, 2.45) is 11.8 Å². The Balaban J connectivity index is 1.84. The molecule has 1 aromatic heterocycles. The number of hydrogen-bond donors (Lipinski definition) is 2. The van der Waals surface area contributed by atoms with E-state index < -0.39 is 0 Å². The van der Waals surface area contributed by atoms with Crippen LogP contribution in [0.2, 0.25) is 0 Å². The Morgan fingerprint density at radius 3 is 2.88 bits per heavy atom. The van der Waals surface area contributed by atoms with Crippen molar-refractivity contribution in [1.82, 2.24) is 4.98 Å². The van der Waals surface area contributed by atoms with Crippen LogP contribution in [-0.4, -0.2) is 11.5 Å². The molecule has 88 valence electrons. The monoisotopic (exact) mass is 219 g/mol. The van der Waals surface area contributed by atoms with Crippen molar-refractivity contribution in [3.05, 3.63) is 18.3 Å². The molecule has 0 saturated heterocycles. The second-order valence-corrected chi connectivity index (χ2v) is 4.87. The predicted octanol–water partition coefficient (Wildman–Crippen LogP) is 2.90. The third-order valence-corrected chi connectivity index (χ3v) is 3.64. The fourth-order valence-electron chi connectivity index (χ4n) is 2.46. The van der Waals surface area contributed by atoms with E-state index in [4.69, 9.17) is 5.73 Å². The minimum atomic E-state index is 0.580. The van der Waals surface area contributed by atoms with E-state index >= 15 is 0 Å². The van der Waals surface area contributed by atoms with Crippen LogP contribution >= 0.6 is 0 Å². The average molecular weight is 219 g/mol. The Kier molecular flexibility index (Phi) is 3.65. The SMILES string of the molecule is CC1CCCCC1CNc1ccc(N)nc1. The highest BCUT2D eigenvalue weighted by Crippen LogP contribution is 2.29. The lowest BCUT2D eigenvalue weighted by atomic mass is 9.80. The molecule has 1 heterocycles. The molecule has 0 aromatic carbocycles. The van der Waals surface area contributed by atoms with Gasteiger partial charge in [-0.3, -0.25) is 0 Å². The number of pyridine rings is 1. The number of nitrogen functional groups attached to an aromatic ring is 1. The van der Waals surface area contributed by atoms with Crippen molar-refractivity contribution < 1.29 is 0 Å². The third kappa shape index (κ3) is 2.87. The van der Waals surface area contributed by atoms with Crippen LogP contribution in [0.4, 0.5) is 11.5 Å². The van der Waals surface area contributed by atoms with Crippen LogP contribution in [0.15, 0.2) is 18.3 Å². The lowest BCUT2D eigenvalue weighted by Gasteiger charge is -2.29. The lowest BCUT2D eigenvalue weighted by molar-refractivity contribution is 0.268. The van der Waals surface area contributed by atoms with Crippen LogP contribution in [0.1, 0.15) is 32.6 Å². The second kappa shape index (κ2) is 5.19. The zero-order valence-corrected chi connectivity index (χ0v) is 9.95. The number of aromatic nitrogens is 1. The Hall–Kier alpha value is -1.25. The molecule has 0 aliphatic heterocycles. The van der Waals surface area contributed by atoms with Gasteiger partial charge >= 0.3 is 0 Å². The molecule has 0 amide bonds. The summed E-state index contributed by atoms with van der Waals surface area (Å²) in [5, 5.41) is 3.45. The number of anilines is 2. The molecule has 16 heavy (non-hydrogen) atoms. The molecular formula is C13H21N3. The summed E-state index contributed by atoms with van der Waals surface area (Å²) in [5.41, 5.74) is 6.62. The van der Waals surface area contributed by atoms with E-state index in [1.807, 2.05) is 18.3 Å². The van der Waals surface area contributed by atoms with E-state index in [-0.39, 0.29) is 0 Å². The molecule has 1 aromatic rings. The van der Waals surface area contributed by atoms with E-state index in [9.17, 15) is 0 Å². The molecule has 2 atom stereocenters. The first-order valence-corrected chi connectivity index (χ1v) is 6.21. The predicted molar refractivity (Wildman–Crippen MR) is 68.3 cm³/mol. The van der Waals surface area contributed by atoms with Gasteiger partial charge < -0.3 is 11.1 Å². The summed E-state index contributed by atoms with van der Waals surface area (Å²) in [5.74, 6) is 2.24. The molecule has 3 heteroatoms. The smallest absolute Gasteiger partial charge is 0.123 e. The van der Waals surface area contributed by atoms with Gasteiger partial charge in [0.05, 0.1) is 11.9 Å². The Morgan fingerprint density at radius 1 is 1.38 bits per heavy atom. The van der Waals surface area contributed by atoms with E-state index in [0.717, 1.165) is 24.1 Å². The molecule has 1 aliphatic carbocycles. The van der Waals surface area contributed by atoms with Crippen LogP contribution in [0.25, 0.3) is 0 Å². The first-order chi connectivity index (χ1) is 7.75. The van der Waals surface area contributed by atoms with E-state index in [1.165, 1.54) is 25.7 Å². The van der Waals surface area contributed by atoms with Gasteiger partial charge in [0.2, 0.25) is 0 Å². The maximum Gasteiger partial charge on any atom is 0.123 e. The molecule has 0 spiro atoms. The highest BCUT2D eigenvalue weighted by molar-refractivity contribution is 5.45. The van der Waals surface area contributed by atoms with Crippen LogP contribution < -0.4 is 11.1 Å². The summed E-state index contributed by atoms with van der Waals surface area (Å²) in [6.45, 7) is 3.43. The van der Waals surface area contributed by atoms with Gasteiger partial charge in [-0.15, -0.1) is 0 Å². The summed E-state index contributed by atoms with van der Waals surface area (Å²) in [6, 6.07) is 3.84. The van der Waals surface area contributed by atoms with Crippen LogP contribution in [-0.2, 0) is 0 Å². The summed E-state index contributed by atoms with van der Waals surface area (Å²) in [6.07, 6.45) is 7.34. The lowest BCUT2D eigenvalue weighted by Crippen LogP contribution is -2.24. The second-order valence-electron chi connectivity index (χ2n) is 4.87. The summed E-state index contributed by atoms with van der Waals surface area (Å²) < 4.78 is 0. The van der Waals surface area contributed by atoms with Crippen LogP contribution in [0.3, 0.4) is 0 Å². The maximum atomic E-state index is 5.55. The fraction of sp³-hybridized carbons (Fsp3) is 0.615. The quantitative estimate of drug-likeness (QED) is 0.821. The highest BCUT2D eigenvalue weighted by Gasteiger charge is 2.20. The third-order valence-electron chi connectivity index (χ3n) is 3.64. The molecule has 2 unspecified atom stereocenters. The first-order valence-electron chi connectivity index (χ1n) is 6.21. The number of nitrogens with two attached hydrogens (primary N) is 1. The Bertz CT molecular complexity index is 320. The molecule has 3 N–H and O–H groups in total. The summed E-state index contributed by atoms with van der Waals surface area (Å²) >= 11 is 0. The number of hydrogen-bond acceptors (Lipinski definition) is 3. The average Bonchev–Trinajstić information content (AvgIpc) is 2.30. The normalized spacial score (nSPS) is 25.3. The molecular weight excluding hydrogens is 198 g/mol. The van der Waals surface area contributed by atoms with Crippen molar-refractivity contribution in [1.29, 1.82) is 0 Å². The molecule has 1 aliphatic rings. The molecule has 1 saturated carbocycles. The number of rotatable bonds is 3. The fourth-order valence-corrected chi connectivity index (χ4v) is 2.46. The summed E-state index contributed by atoms with van der Waals surface area (Å²) in [4.78, 5) is 4.08. The van der Waals surface area contributed by atoms with Crippen molar-refractivity contribution >= 4 is 11.5 Å². The van der Waals surface area contributed by atoms with Gasteiger partial charge in [-0.05, 0) is 30.4 Å². The zero-order chi connectivity index (χ0) is 11.4. The van der Waals surface area contributed by atoms with Crippen molar-refractivity contribution in [3.8, 4) is 0 Å². The topological polar surface area (TPSA) is 50.9 Å². The number of nitrogens with zero attached hydrogens (tertiary/aromatic N) is 1. The molecule has 0 radical (unpaired) electrons. The Labute approximate surface area is 97.5 Å². The van der Waals surface area contributed by atoms with Gasteiger partial charge in [0, 0.05) is 6.54 Å². The van der Waals surface area contributed by atoms with Crippen molar-refractivity contribution in [3.63, 3.8) is 0 Å². The molecule has 0 bridgehead atoms. The van der Waals surface area contributed by atoms with Gasteiger partial charge in [0.25, 0.3) is 0 Å². The van der Waals surface area contributed by atoms with Crippen molar-refractivity contribution in [2.45, 2.75) is 32.6 Å². The molecule has 1 fully saturated rings. The minimum absolute atomic E-state index is 0.580. The first kappa shape index (κ1) is 11.2. The molecule has 3 nitrogen and oxygen atoms in total. The Morgan fingerprint density at radius 2 is 2.19 bits per heavy atom. The van der Waals surface area contributed by atoms with E-state index in [0.29, 0.717) is 5.82 Å². The van der Waals surface area contributed by atoms with Gasteiger partial charge in [-0.2, -0.15) is 0 Å². The van der Waals surface area contributed by atoms with E-state index in [2.05, 4.69) is 17.2 Å². The minimum Gasteiger partial charge on any atom is -0.384 e. The van der Waals surface area contributed by atoms with Crippen LogP contribution in [0.5, 0.6) is 0 Å². The van der Waals surface area contributed by atoms with Crippen LogP contribution in [0, 0.1) is 11.8 Å². The van der Waals surface area contributed by atoms with Gasteiger partial charge in [-0.1, -0.05) is 26.2 Å². The zero-order valence-electron chi connectivity index (χ0n) is 9.95.